The molecule has 2 rings (SSSR count). The number of hydrogen-bond donors (Lipinski definition) is 4. The minimum atomic E-state index is -0.288. The first kappa shape index (κ1) is 17.9. The third kappa shape index (κ3) is 5.00. The van der Waals surface area contributed by atoms with Crippen LogP contribution in [-0.4, -0.2) is 37.7 Å². The molecule has 0 unspecified atom stereocenters. The monoisotopic (exact) mass is 337 g/mol. The number of anilines is 2. The minimum Gasteiger partial charge on any atom is -0.393 e. The van der Waals surface area contributed by atoms with Crippen LogP contribution in [0.25, 0.3) is 0 Å². The van der Waals surface area contributed by atoms with E-state index in [1.807, 2.05) is 20.8 Å². The molecule has 0 bridgehead atoms. The number of aliphatic hydroxyl groups is 1. The highest BCUT2D eigenvalue weighted by Crippen LogP contribution is 2.27. The summed E-state index contributed by atoms with van der Waals surface area (Å²) >= 11 is 5.10. The van der Waals surface area contributed by atoms with E-state index in [-0.39, 0.29) is 22.7 Å². The van der Waals surface area contributed by atoms with Gasteiger partial charge in [0.25, 0.3) is 0 Å². The zero-order chi connectivity index (χ0) is 17.2. The fourth-order valence-electron chi connectivity index (χ4n) is 2.69. The molecule has 0 spiro atoms. The molecule has 5 N–H and O–H groups in total. The molecule has 1 aliphatic rings. The second-order valence-corrected chi connectivity index (χ2v) is 7.83. The zero-order valence-electron chi connectivity index (χ0n) is 14.3. The van der Waals surface area contributed by atoms with Crippen LogP contribution in [0, 0.1) is 5.92 Å². The van der Waals surface area contributed by atoms with Crippen molar-refractivity contribution in [1.29, 1.82) is 0 Å². The van der Waals surface area contributed by atoms with Crippen LogP contribution in [-0.2, 0) is 0 Å². The number of aromatic nitrogens is 2. The Labute approximate surface area is 143 Å². The molecule has 6 nitrogen and oxygen atoms in total. The summed E-state index contributed by atoms with van der Waals surface area (Å²) in [4.78, 5) is 9.09. The fraction of sp³-hybridized carbons (Fsp3) is 0.688. The Kier molecular flexibility index (Phi) is 5.41. The number of thiocarbonyl (C=S) groups is 1. The van der Waals surface area contributed by atoms with Gasteiger partial charge in [-0.25, -0.2) is 4.98 Å². The number of nitrogens with two attached hydrogens (primary N) is 1. The van der Waals surface area contributed by atoms with Gasteiger partial charge < -0.3 is 21.5 Å². The van der Waals surface area contributed by atoms with Crippen molar-refractivity contribution < 1.29 is 5.11 Å². The molecule has 1 aliphatic carbocycles. The van der Waals surface area contributed by atoms with Gasteiger partial charge in [-0.2, -0.15) is 4.98 Å². The summed E-state index contributed by atoms with van der Waals surface area (Å²) in [5, 5.41) is 16.7. The largest absolute Gasteiger partial charge is 0.393 e. The standard InChI is InChI=1S/C16H27N5OS/c1-9-5-6-10(7-12(9)22)19-14-11(13(17)23)8-18-15(20-14)21-16(2,3)4/h8-10,12,22H,5-7H2,1-4H3,(H2,17,23)(H2,18,19,20,21)/t9-,10-,12-/m1/s1. The first-order chi connectivity index (χ1) is 10.7. The zero-order valence-corrected chi connectivity index (χ0v) is 15.1. The van der Waals surface area contributed by atoms with Crippen LogP contribution in [0.2, 0.25) is 0 Å². The number of nitrogens with zero attached hydrogens (tertiary/aromatic N) is 2. The van der Waals surface area contributed by atoms with Gasteiger partial charge >= 0.3 is 0 Å². The predicted octanol–water partition coefficient (Wildman–Crippen LogP) is 2.28. The summed E-state index contributed by atoms with van der Waals surface area (Å²) in [6, 6.07) is 0.159. The Balaban J connectivity index is 2.20. The van der Waals surface area contributed by atoms with Gasteiger partial charge in [-0.05, 0) is 46.0 Å². The Bertz CT molecular complexity index is 572. The van der Waals surface area contributed by atoms with Gasteiger partial charge in [0.2, 0.25) is 5.95 Å². The van der Waals surface area contributed by atoms with Gasteiger partial charge in [0.15, 0.2) is 0 Å². The maximum absolute atomic E-state index is 10.1. The molecule has 1 heterocycles. The molecule has 0 radical (unpaired) electrons. The van der Waals surface area contributed by atoms with E-state index in [1.54, 1.807) is 6.20 Å². The number of aliphatic hydroxyl groups excluding tert-OH is 1. The van der Waals surface area contributed by atoms with E-state index in [2.05, 4.69) is 27.5 Å². The smallest absolute Gasteiger partial charge is 0.225 e. The lowest BCUT2D eigenvalue weighted by Gasteiger charge is -2.32. The lowest BCUT2D eigenvalue weighted by atomic mass is 9.85. The quantitative estimate of drug-likeness (QED) is 0.626. The summed E-state index contributed by atoms with van der Waals surface area (Å²) in [5.41, 5.74) is 6.28. The van der Waals surface area contributed by atoms with Crippen LogP contribution in [0.3, 0.4) is 0 Å². The molecule has 0 saturated heterocycles. The van der Waals surface area contributed by atoms with Crippen LogP contribution < -0.4 is 16.4 Å². The van der Waals surface area contributed by atoms with Crippen molar-refractivity contribution in [3.63, 3.8) is 0 Å². The molecule has 23 heavy (non-hydrogen) atoms. The fourth-order valence-corrected chi connectivity index (χ4v) is 2.84. The number of rotatable bonds is 4. The molecule has 0 amide bonds. The molecule has 1 saturated carbocycles. The number of nitrogens with one attached hydrogen (secondary N) is 2. The van der Waals surface area contributed by atoms with Gasteiger partial charge in [0.1, 0.15) is 10.8 Å². The highest BCUT2D eigenvalue weighted by atomic mass is 32.1. The molecule has 0 aromatic carbocycles. The third-order valence-electron chi connectivity index (χ3n) is 4.04. The van der Waals surface area contributed by atoms with E-state index in [9.17, 15) is 5.11 Å². The van der Waals surface area contributed by atoms with Crippen molar-refractivity contribution in [3.05, 3.63) is 11.8 Å². The molecule has 128 valence electrons. The molecule has 0 aliphatic heterocycles. The van der Waals surface area contributed by atoms with E-state index >= 15 is 0 Å². The van der Waals surface area contributed by atoms with Crippen molar-refractivity contribution in [3.8, 4) is 0 Å². The molecule has 7 heteroatoms. The van der Waals surface area contributed by atoms with Crippen molar-refractivity contribution in [2.24, 2.45) is 11.7 Å². The molecule has 1 fully saturated rings. The molecule has 3 atom stereocenters. The normalized spacial score (nSPS) is 25.0. The molecular weight excluding hydrogens is 310 g/mol. The summed E-state index contributed by atoms with van der Waals surface area (Å²) in [5.74, 6) is 1.50. The maximum Gasteiger partial charge on any atom is 0.225 e. The van der Waals surface area contributed by atoms with Gasteiger partial charge in [-0.1, -0.05) is 19.1 Å². The summed E-state index contributed by atoms with van der Waals surface area (Å²) in [7, 11) is 0. The molecule has 1 aromatic heterocycles. The lowest BCUT2D eigenvalue weighted by molar-refractivity contribution is 0.0739. The van der Waals surface area contributed by atoms with Crippen LogP contribution in [0.1, 0.15) is 52.5 Å². The Morgan fingerprint density at radius 2 is 2.09 bits per heavy atom. The van der Waals surface area contributed by atoms with E-state index < -0.39 is 0 Å². The highest BCUT2D eigenvalue weighted by molar-refractivity contribution is 7.80. The average Bonchev–Trinajstić information content (AvgIpc) is 2.41. The number of hydrogen-bond acceptors (Lipinski definition) is 6. The highest BCUT2D eigenvalue weighted by Gasteiger charge is 2.27. The SMILES string of the molecule is C[C@@H]1CC[C@@H](Nc2nc(NC(C)(C)C)ncc2C(N)=S)C[C@H]1O. The van der Waals surface area contributed by atoms with Crippen LogP contribution in [0.4, 0.5) is 11.8 Å². The van der Waals surface area contributed by atoms with Crippen molar-refractivity contribution in [2.45, 2.75) is 64.6 Å². The van der Waals surface area contributed by atoms with Gasteiger partial charge in [-0.3, -0.25) is 0 Å². The van der Waals surface area contributed by atoms with Crippen LogP contribution in [0.15, 0.2) is 6.20 Å². The van der Waals surface area contributed by atoms with Crippen LogP contribution in [0.5, 0.6) is 0 Å². The topological polar surface area (TPSA) is 96.1 Å². The lowest BCUT2D eigenvalue weighted by Crippen LogP contribution is -2.36. The van der Waals surface area contributed by atoms with Gasteiger partial charge in [0, 0.05) is 17.8 Å². The summed E-state index contributed by atoms with van der Waals surface area (Å²) < 4.78 is 0. The van der Waals surface area contributed by atoms with Crippen molar-refractivity contribution in [1.82, 2.24) is 9.97 Å². The Hall–Kier alpha value is -1.47. The second-order valence-electron chi connectivity index (χ2n) is 7.39. The maximum atomic E-state index is 10.1. The Morgan fingerprint density at radius 3 is 2.65 bits per heavy atom. The van der Waals surface area contributed by atoms with Gasteiger partial charge in [-0.15, -0.1) is 0 Å². The predicted molar refractivity (Wildman–Crippen MR) is 97.7 cm³/mol. The van der Waals surface area contributed by atoms with Crippen molar-refractivity contribution in [2.75, 3.05) is 10.6 Å². The van der Waals surface area contributed by atoms with E-state index in [4.69, 9.17) is 18.0 Å². The third-order valence-corrected chi connectivity index (χ3v) is 4.26. The van der Waals surface area contributed by atoms with Crippen molar-refractivity contribution >= 4 is 29.0 Å². The molecule has 1 aromatic rings. The minimum absolute atomic E-state index is 0.140. The second kappa shape index (κ2) is 6.97. The molecular formula is C16H27N5OS. The summed E-state index contributed by atoms with van der Waals surface area (Å²) in [6.07, 6.45) is 4.03. The first-order valence-corrected chi connectivity index (χ1v) is 8.46. The van der Waals surface area contributed by atoms with E-state index in [0.717, 1.165) is 12.8 Å². The summed E-state index contributed by atoms with van der Waals surface area (Å²) in [6.45, 7) is 8.22. The van der Waals surface area contributed by atoms with E-state index in [1.165, 1.54) is 0 Å². The van der Waals surface area contributed by atoms with Crippen LogP contribution >= 0.6 is 12.2 Å². The van der Waals surface area contributed by atoms with E-state index in [0.29, 0.717) is 29.7 Å². The first-order valence-electron chi connectivity index (χ1n) is 8.05. The average molecular weight is 337 g/mol. The van der Waals surface area contributed by atoms with Gasteiger partial charge in [0.05, 0.1) is 11.7 Å². The Morgan fingerprint density at radius 1 is 1.39 bits per heavy atom.